The minimum atomic E-state index is -4.24. The highest BCUT2D eigenvalue weighted by Gasteiger charge is 2.38. The summed E-state index contributed by atoms with van der Waals surface area (Å²) in [5.41, 5.74) is 3.83. The molecule has 1 aromatic carbocycles. The van der Waals surface area contributed by atoms with Gasteiger partial charge in [-0.05, 0) is 89.1 Å². The molecule has 0 radical (unpaired) electrons. The van der Waals surface area contributed by atoms with Gasteiger partial charge in [0.05, 0.1) is 27.9 Å². The number of nitrogens with zero attached hydrogens (tertiary/aromatic N) is 4. The van der Waals surface area contributed by atoms with Crippen molar-refractivity contribution in [2.75, 3.05) is 27.2 Å². The van der Waals surface area contributed by atoms with E-state index >= 15 is 0 Å². The highest BCUT2D eigenvalue weighted by atomic mass is 35.5. The average molecular weight is 649 g/mol. The van der Waals surface area contributed by atoms with Gasteiger partial charge in [0, 0.05) is 43.5 Å². The third kappa shape index (κ3) is 7.46. The molecule has 12 heteroatoms. The summed E-state index contributed by atoms with van der Waals surface area (Å²) in [6.45, 7) is 1.34. The Morgan fingerprint density at radius 1 is 1.09 bits per heavy atom. The molecule has 3 aliphatic rings. The largest absolute Gasteiger partial charge is 0.481 e. The maximum absolute atomic E-state index is 14.3. The van der Waals surface area contributed by atoms with Gasteiger partial charge in [-0.1, -0.05) is 29.8 Å². The summed E-state index contributed by atoms with van der Waals surface area (Å²) in [6, 6.07) is 5.27. The predicted octanol–water partition coefficient (Wildman–Crippen LogP) is 6.04. The molecule has 5 rings (SSSR count). The zero-order valence-electron chi connectivity index (χ0n) is 25.7. The van der Waals surface area contributed by atoms with Crippen molar-refractivity contribution < 1.29 is 32.7 Å². The zero-order chi connectivity index (χ0) is 32.5. The smallest absolute Gasteiger partial charge is 0.389 e. The van der Waals surface area contributed by atoms with Crippen LogP contribution in [0.4, 0.5) is 13.2 Å². The molecule has 1 aromatic heterocycles. The fraction of sp³-hybridized carbons (Fsp3) is 0.576. The predicted molar refractivity (Wildman–Crippen MR) is 164 cm³/mol. The second-order valence-corrected chi connectivity index (χ2v) is 13.2. The van der Waals surface area contributed by atoms with Crippen LogP contribution in [-0.2, 0) is 28.9 Å². The summed E-state index contributed by atoms with van der Waals surface area (Å²) in [5.74, 6) is -2.04. The number of likely N-dealkylation sites (N-methyl/N-ethyl adjacent to an activating group) is 1. The number of benzene rings is 1. The van der Waals surface area contributed by atoms with Crippen LogP contribution >= 0.6 is 11.6 Å². The van der Waals surface area contributed by atoms with Crippen molar-refractivity contribution in [3.63, 3.8) is 0 Å². The van der Waals surface area contributed by atoms with E-state index in [9.17, 15) is 32.7 Å². The topological polar surface area (TPSA) is 95.7 Å². The summed E-state index contributed by atoms with van der Waals surface area (Å²) in [4.78, 5) is 43.6. The number of alkyl halides is 3. The van der Waals surface area contributed by atoms with Crippen molar-refractivity contribution in [3.05, 3.63) is 57.4 Å². The number of carbonyl (C=O) groups excluding carboxylic acids is 2. The molecule has 0 saturated carbocycles. The number of likely N-dealkylation sites (tertiary alicyclic amines) is 1. The van der Waals surface area contributed by atoms with E-state index in [1.54, 1.807) is 18.2 Å². The average Bonchev–Trinajstić information content (AvgIpc) is 3.64. The first kappa shape index (κ1) is 33.2. The molecule has 45 heavy (non-hydrogen) atoms. The van der Waals surface area contributed by atoms with Gasteiger partial charge >= 0.3 is 12.1 Å². The normalized spacial score (nSPS) is 22.0. The molecular formula is C33H40ClF3N4O4. The lowest BCUT2D eigenvalue weighted by molar-refractivity contribution is -0.142. The van der Waals surface area contributed by atoms with Gasteiger partial charge in [-0.15, -0.1) is 0 Å². The van der Waals surface area contributed by atoms with E-state index in [2.05, 4.69) is 4.90 Å². The van der Waals surface area contributed by atoms with Crippen molar-refractivity contribution in [2.45, 2.75) is 82.8 Å². The van der Waals surface area contributed by atoms with Gasteiger partial charge in [0.1, 0.15) is 0 Å². The number of amides is 1. The van der Waals surface area contributed by atoms with Crippen molar-refractivity contribution >= 4 is 35.0 Å². The summed E-state index contributed by atoms with van der Waals surface area (Å²) in [7, 11) is 4.02. The number of aromatic nitrogens is 2. The first-order valence-corrected chi connectivity index (χ1v) is 16.1. The molecular weight excluding hydrogens is 609 g/mol. The van der Waals surface area contributed by atoms with Crippen LogP contribution in [-0.4, -0.2) is 81.9 Å². The monoisotopic (exact) mass is 648 g/mol. The van der Waals surface area contributed by atoms with Crippen LogP contribution in [0, 0.1) is 11.8 Å². The van der Waals surface area contributed by atoms with Gasteiger partial charge in [-0.25, -0.2) is 0 Å². The number of halogens is 4. The number of unbranched alkanes of at least 4 members (excludes halogenated alkanes) is 1. The molecule has 1 N–H and O–H groups in total. The van der Waals surface area contributed by atoms with E-state index in [-0.39, 0.29) is 41.7 Å². The Kier molecular flexibility index (Phi) is 10.1. The molecule has 2 aliphatic carbocycles. The Balaban J connectivity index is 1.47. The lowest BCUT2D eigenvalue weighted by Gasteiger charge is -2.28. The van der Waals surface area contributed by atoms with E-state index < -0.39 is 30.4 Å². The van der Waals surface area contributed by atoms with Crippen molar-refractivity contribution in [3.8, 4) is 0 Å². The molecule has 1 amide bonds. The SMILES string of the molecule is CN(C)[C@@H]1CCN(C(=O)C2CCc3c(C4=CCC(C(=O)O)CC4)nn(C(=O)c4c(Cl)cccc4CCCCC(F)(F)F)c3C2)C1. The highest BCUT2D eigenvalue weighted by molar-refractivity contribution is 6.34. The summed E-state index contributed by atoms with van der Waals surface area (Å²) in [6.07, 6.45) is 0.909. The van der Waals surface area contributed by atoms with Gasteiger partial charge in [0.2, 0.25) is 5.91 Å². The summed E-state index contributed by atoms with van der Waals surface area (Å²) in [5, 5.41) is 14.5. The maximum atomic E-state index is 14.3. The molecule has 3 atom stereocenters. The Labute approximate surface area is 266 Å². The Morgan fingerprint density at radius 3 is 2.49 bits per heavy atom. The van der Waals surface area contributed by atoms with E-state index in [0.717, 1.165) is 17.6 Å². The van der Waals surface area contributed by atoms with Crippen molar-refractivity contribution in [2.24, 2.45) is 11.8 Å². The maximum Gasteiger partial charge on any atom is 0.389 e. The van der Waals surface area contributed by atoms with E-state index in [1.165, 1.54) is 4.68 Å². The zero-order valence-corrected chi connectivity index (χ0v) is 26.5. The van der Waals surface area contributed by atoms with Gasteiger partial charge in [0.25, 0.3) is 5.91 Å². The molecule has 1 aliphatic heterocycles. The van der Waals surface area contributed by atoms with Crippen LogP contribution in [0.2, 0.25) is 5.02 Å². The number of aryl methyl sites for hydroxylation is 1. The molecule has 2 aromatic rings. The first-order chi connectivity index (χ1) is 21.3. The number of rotatable bonds is 9. The molecule has 1 fully saturated rings. The standard InChI is InChI=1S/C33H40ClF3N4O4/c1-39(2)24-15-17-40(19-24)30(42)23-13-14-25-27(18-23)41(38-29(25)21-9-11-22(12-10-21)32(44)45)31(43)28-20(7-5-8-26(28)34)6-3-4-16-33(35,36)37/h5,7-9,22-24H,3-4,6,10-19H2,1-2H3,(H,44,45)/t22?,23?,24-/m1/s1. The molecule has 1 saturated heterocycles. The lowest BCUT2D eigenvalue weighted by Crippen LogP contribution is -2.39. The minimum Gasteiger partial charge on any atom is -0.481 e. The number of aliphatic carboxylic acids is 1. The molecule has 2 unspecified atom stereocenters. The van der Waals surface area contributed by atoms with Gasteiger partial charge in [-0.3, -0.25) is 14.4 Å². The molecule has 244 valence electrons. The van der Waals surface area contributed by atoms with Crippen LogP contribution in [0.5, 0.6) is 0 Å². The third-order valence-electron chi connectivity index (χ3n) is 9.55. The lowest BCUT2D eigenvalue weighted by atomic mass is 9.82. The quantitative estimate of drug-likeness (QED) is 0.334. The fourth-order valence-corrected chi connectivity index (χ4v) is 7.18. The van der Waals surface area contributed by atoms with Crippen LogP contribution in [0.1, 0.15) is 84.2 Å². The fourth-order valence-electron chi connectivity index (χ4n) is 6.91. The number of allylic oxidation sites excluding steroid dienone is 2. The second kappa shape index (κ2) is 13.7. The van der Waals surface area contributed by atoms with Crippen LogP contribution in [0.15, 0.2) is 24.3 Å². The Bertz CT molecular complexity index is 1480. The third-order valence-corrected chi connectivity index (χ3v) is 9.87. The second-order valence-electron chi connectivity index (χ2n) is 12.8. The van der Waals surface area contributed by atoms with Crippen LogP contribution in [0.25, 0.3) is 5.57 Å². The molecule has 8 nitrogen and oxygen atoms in total. The number of hydrogen-bond acceptors (Lipinski definition) is 5. The van der Waals surface area contributed by atoms with Crippen LogP contribution < -0.4 is 0 Å². The number of hydrogen-bond donors (Lipinski definition) is 1. The Morgan fingerprint density at radius 2 is 1.84 bits per heavy atom. The molecule has 0 bridgehead atoms. The minimum absolute atomic E-state index is 0.0641. The number of carboxylic acids is 1. The van der Waals surface area contributed by atoms with Crippen molar-refractivity contribution in [1.82, 2.24) is 19.6 Å². The van der Waals surface area contributed by atoms with E-state index in [1.807, 2.05) is 25.1 Å². The first-order valence-electron chi connectivity index (χ1n) is 15.7. The van der Waals surface area contributed by atoms with Gasteiger partial charge in [0.15, 0.2) is 0 Å². The van der Waals surface area contributed by atoms with Gasteiger partial charge in [-0.2, -0.15) is 23.0 Å². The number of carboxylic acid groups (broad SMARTS) is 1. The van der Waals surface area contributed by atoms with Crippen molar-refractivity contribution in [1.29, 1.82) is 0 Å². The highest BCUT2D eigenvalue weighted by Crippen LogP contribution is 2.38. The van der Waals surface area contributed by atoms with E-state index in [4.69, 9.17) is 16.7 Å². The van der Waals surface area contributed by atoms with E-state index in [0.29, 0.717) is 74.6 Å². The number of fused-ring (bicyclic) bond motifs is 1. The van der Waals surface area contributed by atoms with Gasteiger partial charge < -0.3 is 14.9 Å². The Hall–Kier alpha value is -3.18. The summed E-state index contributed by atoms with van der Waals surface area (Å²) >= 11 is 6.57. The molecule has 0 spiro atoms. The summed E-state index contributed by atoms with van der Waals surface area (Å²) < 4.78 is 39.6. The number of carbonyl (C=O) groups is 3. The molecule has 2 heterocycles. The van der Waals surface area contributed by atoms with Crippen LogP contribution in [0.3, 0.4) is 0 Å².